The average molecular weight is 474 g/mol. The van der Waals surface area contributed by atoms with Crippen molar-refractivity contribution in [2.75, 3.05) is 19.6 Å². The van der Waals surface area contributed by atoms with Crippen LogP contribution in [0.15, 0.2) is 78.9 Å². The number of rotatable bonds is 10. The molecule has 0 bridgehead atoms. The van der Waals surface area contributed by atoms with Gasteiger partial charge >= 0.3 is 5.69 Å². The van der Waals surface area contributed by atoms with Crippen molar-refractivity contribution in [1.82, 2.24) is 10.2 Å². The smallest absolute Gasteiger partial charge is 0.311 e. The van der Waals surface area contributed by atoms with Crippen molar-refractivity contribution in [3.05, 3.63) is 106 Å². The standard InChI is InChI=1S/C28H31N3O4/c1-21(28(32)29-25(19-30-16-8-9-17-30)23-12-6-3-7-13-23)24-14-15-27(26(18-24)31(33)34)35-20-22-10-4-2-5-11-22/h2-7,10-15,18,21,25H,8-9,16-17,19-20H2,1H3,(H,29,32)/t21?,25-/m1/s1. The van der Waals surface area contributed by atoms with Crippen LogP contribution in [0.1, 0.15) is 48.4 Å². The molecular formula is C28H31N3O4. The predicted octanol–water partition coefficient (Wildman–Crippen LogP) is 5.23. The van der Waals surface area contributed by atoms with Gasteiger partial charge in [0.15, 0.2) is 5.75 Å². The number of nitrogens with zero attached hydrogens (tertiary/aromatic N) is 2. The van der Waals surface area contributed by atoms with E-state index in [0.717, 1.165) is 30.8 Å². The fraction of sp³-hybridized carbons (Fsp3) is 0.321. The molecule has 1 N–H and O–H groups in total. The van der Waals surface area contributed by atoms with E-state index in [2.05, 4.69) is 10.2 Å². The lowest BCUT2D eigenvalue weighted by Gasteiger charge is -2.26. The van der Waals surface area contributed by atoms with Gasteiger partial charge in [0, 0.05) is 12.6 Å². The van der Waals surface area contributed by atoms with Gasteiger partial charge in [0.25, 0.3) is 0 Å². The molecule has 3 aromatic carbocycles. The van der Waals surface area contributed by atoms with Gasteiger partial charge in [-0.25, -0.2) is 0 Å². The fourth-order valence-electron chi connectivity index (χ4n) is 4.40. The molecule has 1 amide bonds. The molecule has 4 rings (SSSR count). The Morgan fingerprint density at radius 1 is 1.00 bits per heavy atom. The molecule has 0 radical (unpaired) electrons. The molecule has 2 atom stereocenters. The summed E-state index contributed by atoms with van der Waals surface area (Å²) in [6.45, 7) is 4.81. The molecule has 1 fully saturated rings. The van der Waals surface area contributed by atoms with Crippen LogP contribution in [0.5, 0.6) is 5.75 Å². The lowest BCUT2D eigenvalue weighted by Crippen LogP contribution is -2.38. The van der Waals surface area contributed by atoms with Crippen molar-refractivity contribution in [3.8, 4) is 5.75 Å². The average Bonchev–Trinajstić information content (AvgIpc) is 3.41. The number of amides is 1. The van der Waals surface area contributed by atoms with Crippen LogP contribution in [0.2, 0.25) is 0 Å². The molecule has 1 saturated heterocycles. The number of likely N-dealkylation sites (tertiary alicyclic amines) is 1. The number of nitro groups is 1. The number of nitro benzene ring substituents is 1. The van der Waals surface area contributed by atoms with Gasteiger partial charge in [-0.05, 0) is 55.6 Å². The van der Waals surface area contributed by atoms with Crippen LogP contribution >= 0.6 is 0 Å². The van der Waals surface area contributed by atoms with Crippen LogP contribution in [-0.4, -0.2) is 35.4 Å². The molecule has 0 saturated carbocycles. The molecule has 0 spiro atoms. The van der Waals surface area contributed by atoms with Crippen LogP contribution in [0.25, 0.3) is 0 Å². The molecule has 1 heterocycles. The molecule has 35 heavy (non-hydrogen) atoms. The fourth-order valence-corrected chi connectivity index (χ4v) is 4.40. The number of nitrogens with one attached hydrogen (secondary N) is 1. The highest BCUT2D eigenvalue weighted by Crippen LogP contribution is 2.32. The summed E-state index contributed by atoms with van der Waals surface area (Å²) >= 11 is 0. The minimum Gasteiger partial charge on any atom is -0.482 e. The SMILES string of the molecule is CC(C(=O)N[C@H](CN1CCCC1)c1ccccc1)c1ccc(OCc2ccccc2)c([N+](=O)[O-])c1. The van der Waals surface area contributed by atoms with E-state index in [1.165, 1.54) is 18.9 Å². The Labute approximate surface area is 205 Å². The predicted molar refractivity (Wildman–Crippen MR) is 135 cm³/mol. The van der Waals surface area contributed by atoms with Gasteiger partial charge in [0.2, 0.25) is 5.91 Å². The summed E-state index contributed by atoms with van der Waals surface area (Å²) in [6.07, 6.45) is 2.35. The van der Waals surface area contributed by atoms with Crippen molar-refractivity contribution in [2.24, 2.45) is 0 Å². The molecule has 1 aliphatic heterocycles. The molecule has 182 valence electrons. The Hall–Kier alpha value is -3.71. The minimum atomic E-state index is -0.554. The third-order valence-corrected chi connectivity index (χ3v) is 6.47. The van der Waals surface area contributed by atoms with Crippen molar-refractivity contribution >= 4 is 11.6 Å². The van der Waals surface area contributed by atoms with Gasteiger partial charge < -0.3 is 15.0 Å². The Bertz CT molecular complexity index is 1130. The molecule has 1 unspecified atom stereocenters. The molecule has 0 aliphatic carbocycles. The third kappa shape index (κ3) is 6.45. The van der Waals surface area contributed by atoms with Gasteiger partial charge in [0.1, 0.15) is 6.61 Å². The van der Waals surface area contributed by atoms with Crippen LogP contribution in [0.3, 0.4) is 0 Å². The molecular weight excluding hydrogens is 442 g/mol. The second kappa shape index (κ2) is 11.6. The third-order valence-electron chi connectivity index (χ3n) is 6.47. The number of hydrogen-bond acceptors (Lipinski definition) is 5. The lowest BCUT2D eigenvalue weighted by atomic mass is 9.98. The van der Waals surface area contributed by atoms with E-state index in [4.69, 9.17) is 4.74 Å². The van der Waals surface area contributed by atoms with E-state index in [1.807, 2.05) is 60.7 Å². The summed E-state index contributed by atoms with van der Waals surface area (Å²) in [4.78, 5) is 26.9. The first kappa shape index (κ1) is 24.4. The first-order valence-electron chi connectivity index (χ1n) is 12.0. The van der Waals surface area contributed by atoms with E-state index in [1.54, 1.807) is 19.1 Å². The van der Waals surface area contributed by atoms with Gasteiger partial charge in [-0.3, -0.25) is 14.9 Å². The monoisotopic (exact) mass is 473 g/mol. The number of benzene rings is 3. The van der Waals surface area contributed by atoms with E-state index in [-0.39, 0.29) is 30.0 Å². The van der Waals surface area contributed by atoms with Crippen LogP contribution in [-0.2, 0) is 11.4 Å². The van der Waals surface area contributed by atoms with E-state index in [0.29, 0.717) is 5.56 Å². The maximum Gasteiger partial charge on any atom is 0.311 e. The Kier molecular flexibility index (Phi) is 8.11. The summed E-state index contributed by atoms with van der Waals surface area (Å²) in [5.74, 6) is -0.529. The highest BCUT2D eigenvalue weighted by molar-refractivity contribution is 5.84. The summed E-state index contributed by atoms with van der Waals surface area (Å²) < 4.78 is 5.73. The molecule has 7 nitrogen and oxygen atoms in total. The summed E-state index contributed by atoms with van der Waals surface area (Å²) in [5, 5.41) is 14.9. The molecule has 1 aliphatic rings. The first-order valence-corrected chi connectivity index (χ1v) is 12.0. The quantitative estimate of drug-likeness (QED) is 0.322. The van der Waals surface area contributed by atoms with E-state index >= 15 is 0 Å². The molecule has 0 aromatic heterocycles. The highest BCUT2D eigenvalue weighted by atomic mass is 16.6. The van der Waals surface area contributed by atoms with Crippen LogP contribution in [0, 0.1) is 10.1 Å². The lowest BCUT2D eigenvalue weighted by molar-refractivity contribution is -0.386. The summed E-state index contributed by atoms with van der Waals surface area (Å²) in [7, 11) is 0. The van der Waals surface area contributed by atoms with Crippen LogP contribution in [0.4, 0.5) is 5.69 Å². The van der Waals surface area contributed by atoms with E-state index in [9.17, 15) is 14.9 Å². The van der Waals surface area contributed by atoms with Crippen molar-refractivity contribution in [3.63, 3.8) is 0 Å². The van der Waals surface area contributed by atoms with Crippen molar-refractivity contribution < 1.29 is 14.5 Å². The maximum atomic E-state index is 13.2. The van der Waals surface area contributed by atoms with Crippen molar-refractivity contribution in [1.29, 1.82) is 0 Å². The van der Waals surface area contributed by atoms with Gasteiger partial charge in [0.05, 0.1) is 16.9 Å². The Morgan fingerprint density at radius 2 is 1.66 bits per heavy atom. The highest BCUT2D eigenvalue weighted by Gasteiger charge is 2.26. The Morgan fingerprint density at radius 3 is 2.31 bits per heavy atom. The largest absolute Gasteiger partial charge is 0.482 e. The second-order valence-electron chi connectivity index (χ2n) is 8.96. The van der Waals surface area contributed by atoms with Gasteiger partial charge in [-0.1, -0.05) is 66.7 Å². The zero-order chi connectivity index (χ0) is 24.6. The number of carbonyl (C=O) groups is 1. The number of ether oxygens (including phenoxy) is 1. The Balaban J connectivity index is 1.48. The summed E-state index contributed by atoms with van der Waals surface area (Å²) in [6, 6.07) is 24.1. The van der Waals surface area contributed by atoms with E-state index < -0.39 is 10.8 Å². The van der Waals surface area contributed by atoms with Crippen LogP contribution < -0.4 is 10.1 Å². The number of carbonyl (C=O) groups excluding carboxylic acids is 1. The topological polar surface area (TPSA) is 84.7 Å². The first-order chi connectivity index (χ1) is 17.0. The molecule has 7 heteroatoms. The summed E-state index contributed by atoms with van der Waals surface area (Å²) in [5.41, 5.74) is 2.41. The van der Waals surface area contributed by atoms with Gasteiger partial charge in [-0.15, -0.1) is 0 Å². The van der Waals surface area contributed by atoms with Crippen molar-refractivity contribution in [2.45, 2.75) is 38.3 Å². The zero-order valence-electron chi connectivity index (χ0n) is 19.9. The normalized spacial score (nSPS) is 15.3. The minimum absolute atomic E-state index is 0.144. The maximum absolute atomic E-state index is 13.2. The number of hydrogen-bond donors (Lipinski definition) is 1. The second-order valence-corrected chi connectivity index (χ2v) is 8.96. The zero-order valence-corrected chi connectivity index (χ0v) is 19.9. The van der Waals surface area contributed by atoms with Gasteiger partial charge in [-0.2, -0.15) is 0 Å². The molecule has 3 aromatic rings.